The van der Waals surface area contributed by atoms with Gasteiger partial charge in [-0.1, -0.05) is 6.58 Å². The minimum atomic E-state index is 1.19. The van der Waals surface area contributed by atoms with Crippen LogP contribution in [0, 0.1) is 6.92 Å². The Labute approximate surface area is 59.4 Å². The molecule has 1 rings (SSSR count). The summed E-state index contributed by atoms with van der Waals surface area (Å²) in [5.74, 6) is 0. The molecule has 0 bridgehead atoms. The van der Waals surface area contributed by atoms with Crippen LogP contribution in [0.3, 0.4) is 0 Å². The number of aromatic nitrogens is 1. The Bertz CT molecular complexity index is 225. The molecule has 0 saturated heterocycles. The van der Waals surface area contributed by atoms with Crippen molar-refractivity contribution >= 4 is 17.6 Å². The molecule has 0 saturated carbocycles. The minimum absolute atomic E-state index is 1.19. The van der Waals surface area contributed by atoms with Crippen molar-refractivity contribution in [3.05, 3.63) is 23.2 Å². The Morgan fingerprint density at radius 1 is 1.78 bits per heavy atom. The van der Waals surface area contributed by atoms with Crippen LogP contribution < -0.4 is 3.96 Å². The largest absolute Gasteiger partial charge is 0.219 e. The highest BCUT2D eigenvalue weighted by molar-refractivity contribution is 7.01. The Kier molecular flexibility index (Phi) is 1.67. The zero-order valence-corrected chi connectivity index (χ0v) is 6.53. The van der Waals surface area contributed by atoms with Crippen molar-refractivity contribution in [1.82, 2.24) is 0 Å². The number of nitrogens with zero attached hydrogens (tertiary/aromatic N) is 1. The van der Waals surface area contributed by atoms with Crippen LogP contribution in [0.5, 0.6) is 0 Å². The molecule has 0 fully saturated rings. The fraction of sp³-hybridized carbons (Fsp3) is 0.286. The molecule has 9 heavy (non-hydrogen) atoms. The second-order valence-corrected chi connectivity index (χ2v) is 3.35. The van der Waals surface area contributed by atoms with Gasteiger partial charge in [0.15, 0.2) is 7.05 Å². The Hall–Kier alpha value is -0.630. The van der Waals surface area contributed by atoms with Crippen molar-refractivity contribution in [2.75, 3.05) is 0 Å². The molecular weight excluding hydrogens is 130 g/mol. The summed E-state index contributed by atoms with van der Waals surface area (Å²) in [5.41, 5.74) is 1.19. The molecular formula is C7H10NS+. The molecule has 0 unspecified atom stereocenters. The Morgan fingerprint density at radius 2 is 2.44 bits per heavy atom. The third-order valence-electron chi connectivity index (χ3n) is 1.20. The van der Waals surface area contributed by atoms with E-state index in [1.54, 1.807) is 11.5 Å². The van der Waals surface area contributed by atoms with Crippen LogP contribution in [-0.2, 0) is 7.05 Å². The molecule has 0 amide bonds. The van der Waals surface area contributed by atoms with E-state index < -0.39 is 0 Å². The van der Waals surface area contributed by atoms with Crippen LogP contribution >= 0.6 is 11.5 Å². The van der Waals surface area contributed by atoms with Crippen molar-refractivity contribution in [3.8, 4) is 0 Å². The third-order valence-corrected chi connectivity index (χ3v) is 2.10. The monoisotopic (exact) mass is 140 g/mol. The first-order valence-corrected chi connectivity index (χ1v) is 3.61. The van der Waals surface area contributed by atoms with E-state index in [-0.39, 0.29) is 0 Å². The van der Waals surface area contributed by atoms with Crippen LogP contribution in [0.2, 0.25) is 0 Å². The van der Waals surface area contributed by atoms with Gasteiger partial charge in [0, 0.05) is 12.1 Å². The van der Waals surface area contributed by atoms with Gasteiger partial charge >= 0.3 is 0 Å². The normalized spacial score (nSPS) is 9.56. The van der Waals surface area contributed by atoms with Gasteiger partial charge in [-0.15, -0.1) is 3.96 Å². The van der Waals surface area contributed by atoms with Crippen LogP contribution in [0.1, 0.15) is 10.6 Å². The summed E-state index contributed by atoms with van der Waals surface area (Å²) >= 11 is 1.74. The lowest BCUT2D eigenvalue weighted by Crippen LogP contribution is -2.24. The van der Waals surface area contributed by atoms with Gasteiger partial charge < -0.3 is 0 Å². The number of hydrogen-bond acceptors (Lipinski definition) is 1. The predicted molar refractivity (Wildman–Crippen MR) is 40.3 cm³/mol. The predicted octanol–water partition coefficient (Wildman–Crippen LogP) is 1.52. The average molecular weight is 140 g/mol. The van der Waals surface area contributed by atoms with Gasteiger partial charge in [0.25, 0.3) is 0 Å². The molecule has 1 heterocycles. The summed E-state index contributed by atoms with van der Waals surface area (Å²) < 4.78 is 2.10. The highest BCUT2D eigenvalue weighted by Crippen LogP contribution is 2.05. The highest BCUT2D eigenvalue weighted by Gasteiger charge is 2.05. The fourth-order valence-corrected chi connectivity index (χ4v) is 1.62. The van der Waals surface area contributed by atoms with Crippen LogP contribution in [0.4, 0.5) is 0 Å². The molecule has 0 aliphatic heterocycles. The summed E-state index contributed by atoms with van der Waals surface area (Å²) in [6.07, 6.45) is 1.86. The van der Waals surface area contributed by atoms with Crippen molar-refractivity contribution in [1.29, 1.82) is 0 Å². The van der Waals surface area contributed by atoms with Crippen LogP contribution in [0.25, 0.3) is 6.08 Å². The molecule has 0 aliphatic rings. The van der Waals surface area contributed by atoms with Gasteiger partial charge in [0.1, 0.15) is 11.5 Å². The topological polar surface area (TPSA) is 3.88 Å². The Balaban J connectivity index is 3.15. The number of hydrogen-bond donors (Lipinski definition) is 0. The molecule has 0 aromatic carbocycles. The first-order valence-electron chi connectivity index (χ1n) is 2.83. The average Bonchev–Trinajstić information content (AvgIpc) is 2.10. The summed E-state index contributed by atoms with van der Waals surface area (Å²) in [4.78, 5) is 1.33. The summed E-state index contributed by atoms with van der Waals surface area (Å²) in [6, 6.07) is 2.12. The van der Waals surface area contributed by atoms with E-state index in [1.165, 1.54) is 10.6 Å². The van der Waals surface area contributed by atoms with Gasteiger partial charge in [-0.25, -0.2) is 0 Å². The first-order chi connectivity index (χ1) is 4.24. The molecule has 1 aromatic heterocycles. The lowest BCUT2D eigenvalue weighted by molar-refractivity contribution is -0.602. The molecule has 48 valence electrons. The summed E-state index contributed by atoms with van der Waals surface area (Å²) in [5, 5.41) is 0. The minimum Gasteiger partial charge on any atom is -0.137 e. The fourth-order valence-electron chi connectivity index (χ4n) is 0.782. The van der Waals surface area contributed by atoms with E-state index in [2.05, 4.69) is 23.5 Å². The zero-order valence-electron chi connectivity index (χ0n) is 5.72. The Morgan fingerprint density at radius 3 is 2.67 bits per heavy atom. The second-order valence-electron chi connectivity index (χ2n) is 1.97. The molecule has 1 aromatic rings. The van der Waals surface area contributed by atoms with E-state index in [9.17, 15) is 0 Å². The van der Waals surface area contributed by atoms with Gasteiger partial charge in [0.2, 0.25) is 5.69 Å². The lowest BCUT2D eigenvalue weighted by Gasteiger charge is -1.75. The summed E-state index contributed by atoms with van der Waals surface area (Å²) in [6.45, 7) is 5.79. The molecule has 0 aliphatic carbocycles. The van der Waals surface area contributed by atoms with E-state index >= 15 is 0 Å². The van der Waals surface area contributed by atoms with E-state index in [0.717, 1.165) is 0 Å². The molecule has 0 spiro atoms. The maximum Gasteiger partial charge on any atom is 0.219 e. The first kappa shape index (κ1) is 6.49. The highest BCUT2D eigenvalue weighted by atomic mass is 32.1. The maximum absolute atomic E-state index is 3.69. The van der Waals surface area contributed by atoms with Gasteiger partial charge in [-0.2, -0.15) is 0 Å². The van der Waals surface area contributed by atoms with Crippen molar-refractivity contribution in [3.63, 3.8) is 0 Å². The van der Waals surface area contributed by atoms with E-state index in [4.69, 9.17) is 0 Å². The number of aryl methyl sites for hydroxylation is 2. The van der Waals surface area contributed by atoms with E-state index in [1.807, 2.05) is 13.1 Å². The summed E-state index contributed by atoms with van der Waals surface area (Å²) in [7, 11) is 2.04. The maximum atomic E-state index is 3.69. The molecule has 0 radical (unpaired) electrons. The van der Waals surface area contributed by atoms with Crippen LogP contribution in [0.15, 0.2) is 12.6 Å². The zero-order chi connectivity index (χ0) is 6.85. The SMILES string of the molecule is C=Cc1cc(C)s[n+]1C. The second kappa shape index (κ2) is 2.31. The number of rotatable bonds is 1. The van der Waals surface area contributed by atoms with Crippen molar-refractivity contribution in [2.45, 2.75) is 6.92 Å². The molecule has 0 atom stereocenters. The van der Waals surface area contributed by atoms with Gasteiger partial charge in [-0.3, -0.25) is 0 Å². The smallest absolute Gasteiger partial charge is 0.137 e. The quantitative estimate of drug-likeness (QED) is 0.521. The van der Waals surface area contributed by atoms with Crippen LogP contribution in [-0.4, -0.2) is 0 Å². The van der Waals surface area contributed by atoms with Gasteiger partial charge in [0.05, 0.1) is 4.88 Å². The van der Waals surface area contributed by atoms with Gasteiger partial charge in [-0.05, 0) is 6.92 Å². The molecule has 0 N–H and O–H groups in total. The lowest BCUT2D eigenvalue weighted by atomic mass is 10.4. The molecule has 1 nitrogen and oxygen atoms in total. The van der Waals surface area contributed by atoms with Crippen molar-refractivity contribution in [2.24, 2.45) is 7.05 Å². The van der Waals surface area contributed by atoms with Crippen molar-refractivity contribution < 1.29 is 3.96 Å². The van der Waals surface area contributed by atoms with E-state index in [0.29, 0.717) is 0 Å². The standard InChI is InChI=1S/C7H10NS/c1-4-7-5-6(2)9-8(7)3/h4-5H,1H2,2-3H3/q+1. The molecule has 2 heteroatoms. The third kappa shape index (κ3) is 1.19.